The Bertz CT molecular complexity index is 3380. The summed E-state index contributed by atoms with van der Waals surface area (Å²) in [6.07, 6.45) is 7.20. The molecule has 0 aromatic heterocycles. The van der Waals surface area contributed by atoms with Crippen molar-refractivity contribution >= 4 is 47.5 Å². The van der Waals surface area contributed by atoms with Crippen LogP contribution >= 0.6 is 0 Å². The zero-order valence-electron chi connectivity index (χ0n) is 63.9. The Hall–Kier alpha value is -8.80. The van der Waals surface area contributed by atoms with Crippen LogP contribution in [0.25, 0.3) is 0 Å². The number of benzene rings is 4. The average Bonchev–Trinajstić information content (AvgIpc) is 0.909. The molecule has 0 spiro atoms. The van der Waals surface area contributed by atoms with E-state index in [1.165, 1.54) is 9.80 Å². The summed E-state index contributed by atoms with van der Waals surface area (Å²) < 4.78 is 58.0. The minimum Gasteiger partial charge on any atom is -0.469 e. The molecule has 108 heavy (non-hydrogen) atoms. The Labute approximate surface area is 634 Å². The molecular formula is C80H112N10O18. The van der Waals surface area contributed by atoms with Crippen LogP contribution in [0.1, 0.15) is 175 Å². The fraction of sp³-hybridized carbons (Fsp3) is 0.600. The SMILES string of the molecule is CCC[C@@H](NC(=O)N1C(=O)C(CC)(CC)[C@@H]1Oc1ccc(C(=O)N2CCN(CCOCCOCCCC(=O)CCCCCNC(=O)NCCOCCOCCN3CCN(C(=O)c4ccc(O[C@@H]5N(C(=O)N[C@H](CCC)c6ccc7c(c6)OCO7)C(=O)C5(CC)CC)cc4)CC3)CC2)cc1)c1ccc2c(c1)OCO2. The Balaban J connectivity index is 0.490. The number of unbranched alkanes of at least 4 members (excludes halogenated alkanes) is 2. The zero-order chi connectivity index (χ0) is 76.4. The Morgan fingerprint density at radius 1 is 0.454 bits per heavy atom. The molecule has 0 bridgehead atoms. The summed E-state index contributed by atoms with van der Waals surface area (Å²) in [7, 11) is 0. The highest BCUT2D eigenvalue weighted by Gasteiger charge is 2.64. The van der Waals surface area contributed by atoms with Gasteiger partial charge in [-0.2, -0.15) is 0 Å². The van der Waals surface area contributed by atoms with Crippen molar-refractivity contribution < 1.29 is 85.7 Å². The number of hydrogen-bond acceptors (Lipinski definition) is 20. The third-order valence-electron chi connectivity index (χ3n) is 21.6. The maximum Gasteiger partial charge on any atom is 0.327 e. The molecule has 4 saturated heterocycles. The molecule has 4 atom stereocenters. The molecule has 0 unspecified atom stereocenters. The van der Waals surface area contributed by atoms with Crippen molar-refractivity contribution in [3.8, 4) is 34.5 Å². The fourth-order valence-electron chi connectivity index (χ4n) is 14.7. The highest BCUT2D eigenvalue weighted by molar-refractivity contribution is 6.04. The molecule has 0 aliphatic carbocycles. The molecule has 4 aromatic rings. The molecular weight excluding hydrogens is 1390 g/mol. The van der Waals surface area contributed by atoms with E-state index in [2.05, 4.69) is 31.1 Å². The van der Waals surface area contributed by atoms with Gasteiger partial charge in [0.1, 0.15) is 28.1 Å². The maximum atomic E-state index is 13.9. The lowest BCUT2D eigenvalue weighted by Crippen LogP contribution is -2.73. The van der Waals surface area contributed by atoms with Gasteiger partial charge in [-0.1, -0.05) is 72.9 Å². The van der Waals surface area contributed by atoms with Crippen LogP contribution in [0.4, 0.5) is 14.4 Å². The lowest BCUT2D eigenvalue weighted by atomic mass is 9.72. The number of imide groups is 2. The molecule has 4 fully saturated rings. The number of β-lactam (4-membered cyclic amide) rings is 2. The van der Waals surface area contributed by atoms with Gasteiger partial charge >= 0.3 is 18.1 Å². The first kappa shape index (κ1) is 81.7. The molecule has 10 amide bonds. The third kappa shape index (κ3) is 20.8. The van der Waals surface area contributed by atoms with Crippen LogP contribution in [0.15, 0.2) is 84.9 Å². The molecule has 0 saturated carbocycles. The van der Waals surface area contributed by atoms with E-state index < -0.39 is 35.3 Å². The largest absolute Gasteiger partial charge is 0.469 e. The summed E-state index contributed by atoms with van der Waals surface area (Å²) in [6.45, 7) is 23.1. The molecule has 28 nitrogen and oxygen atoms in total. The number of piperazine rings is 2. The van der Waals surface area contributed by atoms with E-state index in [0.717, 1.165) is 56.3 Å². The van der Waals surface area contributed by atoms with Crippen LogP contribution in [0.3, 0.4) is 0 Å². The zero-order valence-corrected chi connectivity index (χ0v) is 63.9. The van der Waals surface area contributed by atoms with E-state index in [0.29, 0.717) is 222 Å². The Morgan fingerprint density at radius 3 is 1.30 bits per heavy atom. The standard InChI is InChI=1S/C80H112N10O18/c1-7-17-64(59-25-31-66-68(53-59)105-55-103-66)83-77(97)89-72(94)79(9-3,10-4)74(89)107-62-27-21-57(22-28-62)70(92)87-39-35-85(36-40-87)43-47-101-51-49-99-45-16-20-61(91)19-14-13-15-33-81-76(96)82-34-46-100-50-52-102-48-44-86-37-41-88(42-38-86)71(93)58-23-29-63(30-24-58)108-75-80(11-5,12-6)73(95)90(75)78(98)84-65(18-8-2)60-26-32-67-69(54-60)106-56-104-67/h21-32,53-54,64-65,74-75H,7-20,33-52,55-56H2,1-6H3,(H,83,97)(H,84,98)(H2,81,82,96)/t64-,65-,74+,75+/m1/s1. The Kier molecular flexibility index (Phi) is 30.7. The molecule has 0 radical (unpaired) electrons. The number of hydrogen-bond donors (Lipinski definition) is 4. The Morgan fingerprint density at radius 2 is 0.861 bits per heavy atom. The van der Waals surface area contributed by atoms with Crippen molar-refractivity contribution in [3.05, 3.63) is 107 Å². The maximum absolute atomic E-state index is 13.9. The highest BCUT2D eigenvalue weighted by atomic mass is 16.7. The van der Waals surface area contributed by atoms with Crippen molar-refractivity contribution in [2.45, 2.75) is 156 Å². The number of carbonyl (C=O) groups excluding carboxylic acids is 8. The smallest absolute Gasteiger partial charge is 0.327 e. The highest BCUT2D eigenvalue weighted by Crippen LogP contribution is 2.48. The topological polar surface area (TPSA) is 296 Å². The van der Waals surface area contributed by atoms with Gasteiger partial charge < -0.3 is 78.4 Å². The van der Waals surface area contributed by atoms with E-state index in [9.17, 15) is 38.4 Å². The number of nitrogens with one attached hydrogen (secondary N) is 4. The van der Waals surface area contributed by atoms with E-state index in [4.69, 9.17) is 47.4 Å². The van der Waals surface area contributed by atoms with Gasteiger partial charge in [-0.25, -0.2) is 24.2 Å². The van der Waals surface area contributed by atoms with Crippen LogP contribution in [0, 0.1) is 10.8 Å². The molecule has 6 heterocycles. The summed E-state index contributed by atoms with van der Waals surface area (Å²) in [6, 6.07) is 23.0. The number of carbonyl (C=O) groups is 8. The number of ketones is 1. The molecule has 28 heteroatoms. The second-order valence-corrected chi connectivity index (χ2v) is 28.2. The second-order valence-electron chi connectivity index (χ2n) is 28.2. The van der Waals surface area contributed by atoms with E-state index in [1.807, 2.05) is 87.7 Å². The van der Waals surface area contributed by atoms with Crippen LogP contribution in [0.5, 0.6) is 34.5 Å². The number of urea groups is 3. The summed E-state index contributed by atoms with van der Waals surface area (Å²) >= 11 is 0. The van der Waals surface area contributed by atoms with Gasteiger partial charge in [0.15, 0.2) is 35.5 Å². The predicted octanol–water partition coefficient (Wildman–Crippen LogP) is 9.84. The summed E-state index contributed by atoms with van der Waals surface area (Å²) in [5, 5.41) is 11.8. The lowest BCUT2D eigenvalue weighted by molar-refractivity contribution is -0.191. The molecule has 10 rings (SSSR count). The summed E-state index contributed by atoms with van der Waals surface area (Å²) in [5.74, 6) is 2.94. The number of fused-ring (bicyclic) bond motifs is 2. The van der Waals surface area contributed by atoms with Gasteiger partial charge in [-0.15, -0.1) is 0 Å². The van der Waals surface area contributed by atoms with Gasteiger partial charge in [0.25, 0.3) is 11.8 Å². The first-order valence-electron chi connectivity index (χ1n) is 39.1. The molecule has 4 N–H and O–H groups in total. The predicted molar refractivity (Wildman–Crippen MR) is 401 cm³/mol. The van der Waals surface area contributed by atoms with Crippen molar-refractivity contribution in [1.29, 1.82) is 0 Å². The van der Waals surface area contributed by atoms with Gasteiger partial charge in [0.2, 0.25) is 25.4 Å². The van der Waals surface area contributed by atoms with Gasteiger partial charge in [-0.05, 0) is 142 Å². The average molecular weight is 1500 g/mol. The first-order valence-corrected chi connectivity index (χ1v) is 39.1. The molecule has 6 aliphatic rings. The summed E-state index contributed by atoms with van der Waals surface area (Å²) in [5.41, 5.74) is 1.02. The van der Waals surface area contributed by atoms with Crippen molar-refractivity contribution in [2.24, 2.45) is 10.8 Å². The van der Waals surface area contributed by atoms with Crippen molar-refractivity contribution in [1.82, 2.24) is 50.7 Å². The number of nitrogens with zero attached hydrogens (tertiary/aromatic N) is 6. The number of ether oxygens (including phenoxy) is 10. The van der Waals surface area contributed by atoms with E-state index in [-0.39, 0.29) is 61.1 Å². The monoisotopic (exact) mass is 1500 g/mol. The summed E-state index contributed by atoms with van der Waals surface area (Å²) in [4.78, 5) is 118. The minimum absolute atomic E-state index is 0.0762. The second kappa shape index (κ2) is 40.6. The van der Waals surface area contributed by atoms with E-state index >= 15 is 0 Å². The van der Waals surface area contributed by atoms with Gasteiger partial charge in [0, 0.05) is 109 Å². The molecule has 590 valence electrons. The van der Waals surface area contributed by atoms with Crippen LogP contribution < -0.4 is 49.7 Å². The van der Waals surface area contributed by atoms with Crippen molar-refractivity contribution in [2.75, 3.05) is 145 Å². The number of Topliss-reactive ketones (excluding diaryl/α,β-unsaturated/α-hetero) is 1. The van der Waals surface area contributed by atoms with Crippen LogP contribution in [-0.2, 0) is 33.3 Å². The quantitative estimate of drug-likeness (QED) is 0.0237. The number of rotatable bonds is 43. The van der Waals surface area contributed by atoms with Crippen LogP contribution in [-0.4, -0.2) is 234 Å². The molecule has 4 aromatic carbocycles. The minimum atomic E-state index is -0.867. The number of likely N-dealkylation sites (tertiary alicyclic amines) is 2. The lowest BCUT2D eigenvalue weighted by Gasteiger charge is -2.53. The van der Waals surface area contributed by atoms with Gasteiger partial charge in [-0.3, -0.25) is 33.8 Å². The number of amides is 10. The fourth-order valence-corrected chi connectivity index (χ4v) is 14.7. The van der Waals surface area contributed by atoms with E-state index in [1.54, 1.807) is 48.5 Å². The van der Waals surface area contributed by atoms with Crippen molar-refractivity contribution in [3.63, 3.8) is 0 Å². The normalized spacial score (nSPS) is 18.4. The third-order valence-corrected chi connectivity index (χ3v) is 21.6. The first-order chi connectivity index (χ1) is 52.6. The van der Waals surface area contributed by atoms with Gasteiger partial charge in [0.05, 0.1) is 58.3 Å². The molecule has 6 aliphatic heterocycles. The van der Waals surface area contributed by atoms with Crippen LogP contribution in [0.2, 0.25) is 0 Å².